The van der Waals surface area contributed by atoms with Crippen LogP contribution in [0.15, 0.2) is 35.7 Å². The van der Waals surface area contributed by atoms with Crippen LogP contribution in [0.25, 0.3) is 10.6 Å². The van der Waals surface area contributed by atoms with Crippen LogP contribution in [0.5, 0.6) is 0 Å². The minimum atomic E-state index is -1.05. The number of aliphatic carboxylic acids is 1. The minimum absolute atomic E-state index is 0.0480. The molecule has 3 rings (SSSR count). The van der Waals surface area contributed by atoms with Crippen molar-refractivity contribution in [3.63, 3.8) is 0 Å². The van der Waals surface area contributed by atoms with Crippen molar-refractivity contribution < 1.29 is 19.4 Å². The molecule has 1 fully saturated rings. The van der Waals surface area contributed by atoms with Crippen LogP contribution in [0.1, 0.15) is 10.5 Å². The van der Waals surface area contributed by atoms with Crippen LogP contribution in [-0.2, 0) is 9.53 Å². The number of aromatic nitrogens is 1. The molecular weight excluding hydrogens is 304 g/mol. The van der Waals surface area contributed by atoms with Crippen LogP contribution in [0.3, 0.4) is 0 Å². The zero-order valence-electron chi connectivity index (χ0n) is 11.6. The lowest BCUT2D eigenvalue weighted by atomic mass is 10.2. The number of amides is 1. The van der Waals surface area contributed by atoms with Gasteiger partial charge in [-0.05, 0) is 0 Å². The van der Waals surface area contributed by atoms with E-state index in [0.717, 1.165) is 10.6 Å². The summed E-state index contributed by atoms with van der Waals surface area (Å²) in [7, 11) is 0. The van der Waals surface area contributed by atoms with Gasteiger partial charge in [0, 0.05) is 17.5 Å². The Kier molecular flexibility index (Phi) is 4.17. The number of carboxylic acid groups (broad SMARTS) is 1. The molecule has 0 aliphatic carbocycles. The van der Waals surface area contributed by atoms with E-state index in [9.17, 15) is 9.59 Å². The second-order valence-electron chi connectivity index (χ2n) is 4.85. The van der Waals surface area contributed by atoms with Crippen LogP contribution in [0.4, 0.5) is 0 Å². The van der Waals surface area contributed by atoms with Gasteiger partial charge < -0.3 is 14.7 Å². The average molecular weight is 318 g/mol. The maximum atomic E-state index is 12.4. The topological polar surface area (TPSA) is 79.7 Å². The van der Waals surface area contributed by atoms with E-state index in [4.69, 9.17) is 9.84 Å². The van der Waals surface area contributed by atoms with E-state index in [-0.39, 0.29) is 19.1 Å². The Morgan fingerprint density at radius 1 is 1.32 bits per heavy atom. The van der Waals surface area contributed by atoms with E-state index in [1.54, 1.807) is 5.38 Å². The molecule has 1 atom stereocenters. The molecule has 2 aromatic rings. The van der Waals surface area contributed by atoms with Gasteiger partial charge in [-0.2, -0.15) is 0 Å². The highest BCUT2D eigenvalue weighted by Gasteiger charge is 2.30. The summed E-state index contributed by atoms with van der Waals surface area (Å²) in [5.41, 5.74) is 1.30. The minimum Gasteiger partial charge on any atom is -0.479 e. The molecule has 1 unspecified atom stereocenters. The van der Waals surface area contributed by atoms with Crippen molar-refractivity contribution in [2.75, 3.05) is 19.7 Å². The lowest BCUT2D eigenvalue weighted by Crippen LogP contribution is -2.48. The van der Waals surface area contributed by atoms with E-state index in [1.807, 2.05) is 30.3 Å². The molecule has 1 saturated heterocycles. The van der Waals surface area contributed by atoms with Gasteiger partial charge in [0.2, 0.25) is 0 Å². The van der Waals surface area contributed by atoms with Crippen molar-refractivity contribution in [2.24, 2.45) is 0 Å². The van der Waals surface area contributed by atoms with Gasteiger partial charge >= 0.3 is 5.97 Å². The fourth-order valence-electron chi connectivity index (χ4n) is 2.23. The molecule has 1 aromatic heterocycles. The number of thiazole rings is 1. The van der Waals surface area contributed by atoms with Gasteiger partial charge in [-0.25, -0.2) is 9.78 Å². The maximum absolute atomic E-state index is 12.4. The van der Waals surface area contributed by atoms with Gasteiger partial charge in [0.15, 0.2) is 6.10 Å². The second kappa shape index (κ2) is 6.25. The molecule has 114 valence electrons. The number of hydrogen-bond donors (Lipinski definition) is 1. The highest BCUT2D eigenvalue weighted by atomic mass is 32.1. The quantitative estimate of drug-likeness (QED) is 0.932. The summed E-state index contributed by atoms with van der Waals surface area (Å²) < 4.78 is 5.12. The van der Waals surface area contributed by atoms with E-state index >= 15 is 0 Å². The number of nitrogens with zero attached hydrogens (tertiary/aromatic N) is 2. The van der Waals surface area contributed by atoms with Crippen molar-refractivity contribution >= 4 is 23.2 Å². The number of carboxylic acids is 1. The molecule has 1 aromatic carbocycles. The zero-order valence-corrected chi connectivity index (χ0v) is 12.5. The summed E-state index contributed by atoms with van der Waals surface area (Å²) in [5.74, 6) is -1.31. The number of hydrogen-bond acceptors (Lipinski definition) is 5. The summed E-state index contributed by atoms with van der Waals surface area (Å²) in [5, 5.41) is 11.5. The first-order chi connectivity index (χ1) is 10.6. The summed E-state index contributed by atoms with van der Waals surface area (Å²) in [6.45, 7) is 0.644. The first-order valence-electron chi connectivity index (χ1n) is 6.80. The molecule has 1 aliphatic heterocycles. The molecule has 1 N–H and O–H groups in total. The first-order valence-corrected chi connectivity index (χ1v) is 7.68. The summed E-state index contributed by atoms with van der Waals surface area (Å²) >= 11 is 1.40. The highest BCUT2D eigenvalue weighted by Crippen LogP contribution is 2.24. The summed E-state index contributed by atoms with van der Waals surface area (Å²) in [6, 6.07) is 9.61. The largest absolute Gasteiger partial charge is 0.479 e. The third kappa shape index (κ3) is 3.00. The Morgan fingerprint density at radius 3 is 2.82 bits per heavy atom. The Balaban J connectivity index is 1.76. The Morgan fingerprint density at radius 2 is 2.09 bits per heavy atom. The van der Waals surface area contributed by atoms with Crippen molar-refractivity contribution in [3.05, 3.63) is 41.4 Å². The molecule has 7 heteroatoms. The average Bonchev–Trinajstić information content (AvgIpc) is 3.05. The van der Waals surface area contributed by atoms with Crippen LogP contribution in [-0.4, -0.2) is 52.7 Å². The normalized spacial score (nSPS) is 18.2. The number of carbonyl (C=O) groups excluding carboxylic acids is 1. The standard InChI is InChI=1S/C15H14N2O4S/c18-14(17-6-7-21-12(8-17)15(19)20)11-9-22-13(16-11)10-4-2-1-3-5-10/h1-5,9,12H,6-8H2,(H,19,20). The SMILES string of the molecule is O=C(O)C1CN(C(=O)c2csc(-c3ccccc3)n2)CCO1. The van der Waals surface area contributed by atoms with Crippen LogP contribution in [0.2, 0.25) is 0 Å². The molecular formula is C15H14N2O4S. The monoisotopic (exact) mass is 318 g/mol. The van der Waals surface area contributed by atoms with Crippen molar-refractivity contribution in [1.29, 1.82) is 0 Å². The Hall–Kier alpha value is -2.25. The second-order valence-corrected chi connectivity index (χ2v) is 5.71. The lowest BCUT2D eigenvalue weighted by Gasteiger charge is -2.30. The predicted octanol–water partition coefficient (Wildman–Crippen LogP) is 1.74. The summed E-state index contributed by atoms with van der Waals surface area (Å²) in [4.78, 5) is 29.2. The van der Waals surface area contributed by atoms with Gasteiger partial charge in [0.05, 0.1) is 13.2 Å². The van der Waals surface area contributed by atoms with E-state index in [1.165, 1.54) is 16.2 Å². The van der Waals surface area contributed by atoms with Crippen molar-refractivity contribution in [3.8, 4) is 10.6 Å². The van der Waals surface area contributed by atoms with Crippen LogP contribution in [0, 0.1) is 0 Å². The molecule has 0 spiro atoms. The van der Waals surface area contributed by atoms with E-state index < -0.39 is 12.1 Å². The third-order valence-electron chi connectivity index (χ3n) is 3.37. The smallest absolute Gasteiger partial charge is 0.334 e. The maximum Gasteiger partial charge on any atom is 0.334 e. The molecule has 22 heavy (non-hydrogen) atoms. The molecule has 0 bridgehead atoms. The van der Waals surface area contributed by atoms with E-state index in [0.29, 0.717) is 12.2 Å². The number of ether oxygens (including phenoxy) is 1. The zero-order chi connectivity index (χ0) is 15.5. The number of benzene rings is 1. The molecule has 2 heterocycles. The molecule has 1 amide bonds. The highest BCUT2D eigenvalue weighted by molar-refractivity contribution is 7.13. The van der Waals surface area contributed by atoms with Gasteiger partial charge in [-0.3, -0.25) is 4.79 Å². The predicted molar refractivity (Wildman–Crippen MR) is 80.8 cm³/mol. The number of rotatable bonds is 3. The number of carbonyl (C=O) groups is 2. The summed E-state index contributed by atoms with van der Waals surface area (Å²) in [6.07, 6.45) is -0.968. The Bertz CT molecular complexity index is 686. The fraction of sp³-hybridized carbons (Fsp3) is 0.267. The molecule has 6 nitrogen and oxygen atoms in total. The van der Waals surface area contributed by atoms with Gasteiger partial charge in [-0.15, -0.1) is 11.3 Å². The van der Waals surface area contributed by atoms with Crippen LogP contribution >= 0.6 is 11.3 Å². The molecule has 0 radical (unpaired) electrons. The Labute approximate surface area is 131 Å². The first kappa shape index (κ1) is 14.7. The van der Waals surface area contributed by atoms with Crippen LogP contribution < -0.4 is 0 Å². The van der Waals surface area contributed by atoms with Gasteiger partial charge in [0.1, 0.15) is 10.7 Å². The lowest BCUT2D eigenvalue weighted by molar-refractivity contribution is -0.154. The third-order valence-corrected chi connectivity index (χ3v) is 4.26. The number of morpholine rings is 1. The molecule has 0 saturated carbocycles. The fourth-order valence-corrected chi connectivity index (χ4v) is 3.03. The van der Waals surface area contributed by atoms with Gasteiger partial charge in [-0.1, -0.05) is 30.3 Å². The van der Waals surface area contributed by atoms with Crippen molar-refractivity contribution in [2.45, 2.75) is 6.10 Å². The molecule has 1 aliphatic rings. The van der Waals surface area contributed by atoms with E-state index in [2.05, 4.69) is 4.98 Å². The van der Waals surface area contributed by atoms with Gasteiger partial charge in [0.25, 0.3) is 5.91 Å². The van der Waals surface area contributed by atoms with Crippen molar-refractivity contribution in [1.82, 2.24) is 9.88 Å².